The van der Waals surface area contributed by atoms with Crippen molar-refractivity contribution in [2.75, 3.05) is 12.4 Å². The first kappa shape index (κ1) is 19.2. The number of rotatable bonds is 5. The summed E-state index contributed by atoms with van der Waals surface area (Å²) in [6.07, 6.45) is 2.29. The zero-order valence-electron chi connectivity index (χ0n) is 14.2. The fraction of sp³-hybridized carbons (Fsp3) is 0.500. The molecular weight excluding hydrogens is 346 g/mol. The van der Waals surface area contributed by atoms with Gasteiger partial charge in [-0.05, 0) is 57.4 Å². The van der Waals surface area contributed by atoms with E-state index in [-0.39, 0.29) is 16.9 Å². The van der Waals surface area contributed by atoms with Crippen LogP contribution in [0.1, 0.15) is 31.2 Å². The second kappa shape index (κ2) is 7.83. The Balaban J connectivity index is 1.97. The molecule has 9 heteroatoms. The number of carboxylic acids is 1. The highest BCUT2D eigenvalue weighted by atomic mass is 32.2. The number of hydrogen-bond acceptors (Lipinski definition) is 4. The standard InChI is InChI=1S/C16H23N3O5S/c1-10-3-6-13(9-14(10)25(23,24)17-2)19-16(22)18-12-7-4-11(5-8-12)15(20)21/h3,6,9,11-12,17H,4-5,7-8H2,1-2H3,(H,20,21)(H2,18,19,22). The third-order valence-corrected chi connectivity index (χ3v) is 5.97. The molecule has 0 aliphatic heterocycles. The van der Waals surface area contributed by atoms with Gasteiger partial charge in [0.15, 0.2) is 0 Å². The van der Waals surface area contributed by atoms with Crippen molar-refractivity contribution in [2.45, 2.75) is 43.5 Å². The van der Waals surface area contributed by atoms with Gasteiger partial charge in [-0.15, -0.1) is 0 Å². The summed E-state index contributed by atoms with van der Waals surface area (Å²) in [5, 5.41) is 14.4. The summed E-state index contributed by atoms with van der Waals surface area (Å²) in [6.45, 7) is 1.68. The summed E-state index contributed by atoms with van der Waals surface area (Å²) < 4.78 is 26.2. The van der Waals surface area contributed by atoms with Crippen LogP contribution in [0.4, 0.5) is 10.5 Å². The molecule has 0 bridgehead atoms. The molecule has 0 aromatic heterocycles. The molecule has 0 unspecified atom stereocenters. The van der Waals surface area contributed by atoms with Gasteiger partial charge in [0.25, 0.3) is 0 Å². The monoisotopic (exact) mass is 369 g/mol. The van der Waals surface area contributed by atoms with E-state index in [1.165, 1.54) is 13.1 Å². The van der Waals surface area contributed by atoms with E-state index in [2.05, 4.69) is 15.4 Å². The minimum absolute atomic E-state index is 0.0819. The Labute approximate surface area is 147 Å². The summed E-state index contributed by atoms with van der Waals surface area (Å²) in [6, 6.07) is 4.14. The molecule has 0 radical (unpaired) electrons. The molecule has 0 spiro atoms. The maximum absolute atomic E-state index is 12.1. The molecule has 1 aromatic rings. The first-order chi connectivity index (χ1) is 11.7. The van der Waals surface area contributed by atoms with E-state index in [4.69, 9.17) is 5.11 Å². The van der Waals surface area contributed by atoms with E-state index in [0.29, 0.717) is 36.9 Å². The summed E-state index contributed by atoms with van der Waals surface area (Å²) in [7, 11) is -2.28. The maximum Gasteiger partial charge on any atom is 0.319 e. The lowest BCUT2D eigenvalue weighted by Gasteiger charge is -2.26. The van der Waals surface area contributed by atoms with Gasteiger partial charge in [-0.25, -0.2) is 17.9 Å². The van der Waals surface area contributed by atoms with E-state index < -0.39 is 22.0 Å². The van der Waals surface area contributed by atoms with Gasteiger partial charge in [0, 0.05) is 11.7 Å². The van der Waals surface area contributed by atoms with E-state index in [0.717, 1.165) is 0 Å². The number of sulfonamides is 1. The number of carboxylic acid groups (broad SMARTS) is 1. The van der Waals surface area contributed by atoms with Crippen LogP contribution < -0.4 is 15.4 Å². The minimum atomic E-state index is -3.61. The summed E-state index contributed by atoms with van der Waals surface area (Å²) in [5.74, 6) is -1.13. The topological polar surface area (TPSA) is 125 Å². The lowest BCUT2D eigenvalue weighted by molar-refractivity contribution is -0.142. The Bertz CT molecular complexity index is 755. The van der Waals surface area contributed by atoms with Gasteiger partial charge in [-0.1, -0.05) is 6.07 Å². The lowest BCUT2D eigenvalue weighted by atomic mass is 9.86. The van der Waals surface area contributed by atoms with Crippen LogP contribution >= 0.6 is 0 Å². The Kier molecular flexibility index (Phi) is 6.02. The highest BCUT2D eigenvalue weighted by Crippen LogP contribution is 2.25. The van der Waals surface area contributed by atoms with Crippen molar-refractivity contribution in [1.29, 1.82) is 0 Å². The molecule has 2 rings (SSSR count). The van der Waals surface area contributed by atoms with Gasteiger partial charge >= 0.3 is 12.0 Å². The van der Waals surface area contributed by atoms with Crippen LogP contribution in [-0.2, 0) is 14.8 Å². The predicted octanol–water partition coefficient (Wildman–Crippen LogP) is 1.67. The van der Waals surface area contributed by atoms with Crippen molar-refractivity contribution >= 4 is 27.7 Å². The number of nitrogens with one attached hydrogen (secondary N) is 3. The molecule has 0 saturated heterocycles. The smallest absolute Gasteiger partial charge is 0.319 e. The normalized spacial score (nSPS) is 20.7. The molecule has 2 amide bonds. The van der Waals surface area contributed by atoms with Crippen LogP contribution in [0.2, 0.25) is 0 Å². The largest absolute Gasteiger partial charge is 0.481 e. The number of hydrogen-bond donors (Lipinski definition) is 4. The Hall–Kier alpha value is -2.13. The molecule has 4 N–H and O–H groups in total. The van der Waals surface area contributed by atoms with Gasteiger partial charge in [0.05, 0.1) is 10.8 Å². The molecule has 8 nitrogen and oxygen atoms in total. The lowest BCUT2D eigenvalue weighted by Crippen LogP contribution is -2.41. The van der Waals surface area contributed by atoms with Crippen LogP contribution in [0.3, 0.4) is 0 Å². The molecule has 1 saturated carbocycles. The molecular formula is C16H23N3O5S. The quantitative estimate of drug-likeness (QED) is 0.628. The molecule has 0 atom stereocenters. The van der Waals surface area contributed by atoms with Crippen LogP contribution in [-0.4, -0.2) is 38.6 Å². The van der Waals surface area contributed by atoms with E-state index >= 15 is 0 Å². The highest BCUT2D eigenvalue weighted by Gasteiger charge is 2.26. The summed E-state index contributed by atoms with van der Waals surface area (Å²) in [4.78, 5) is 23.1. The number of carbonyl (C=O) groups excluding carboxylic acids is 1. The van der Waals surface area contributed by atoms with Crippen LogP contribution in [0.25, 0.3) is 0 Å². The number of aryl methyl sites for hydroxylation is 1. The van der Waals surface area contributed by atoms with E-state index in [1.54, 1.807) is 19.1 Å². The van der Waals surface area contributed by atoms with E-state index in [9.17, 15) is 18.0 Å². The van der Waals surface area contributed by atoms with Crippen LogP contribution in [0.5, 0.6) is 0 Å². The van der Waals surface area contributed by atoms with Crippen molar-refractivity contribution in [3.05, 3.63) is 23.8 Å². The van der Waals surface area contributed by atoms with Crippen molar-refractivity contribution in [1.82, 2.24) is 10.0 Å². The van der Waals surface area contributed by atoms with Crippen molar-refractivity contribution in [3.63, 3.8) is 0 Å². The highest BCUT2D eigenvalue weighted by molar-refractivity contribution is 7.89. The Morgan fingerprint density at radius 3 is 2.36 bits per heavy atom. The predicted molar refractivity (Wildman–Crippen MR) is 93.0 cm³/mol. The average molecular weight is 369 g/mol. The minimum Gasteiger partial charge on any atom is -0.481 e. The first-order valence-electron chi connectivity index (χ1n) is 8.07. The average Bonchev–Trinajstić information content (AvgIpc) is 2.57. The van der Waals surface area contributed by atoms with Gasteiger partial charge in [-0.3, -0.25) is 4.79 Å². The molecule has 1 aromatic carbocycles. The van der Waals surface area contributed by atoms with Gasteiger partial charge in [-0.2, -0.15) is 0 Å². The maximum atomic E-state index is 12.1. The third kappa shape index (κ3) is 4.93. The van der Waals surface area contributed by atoms with Gasteiger partial charge in [0.1, 0.15) is 0 Å². The van der Waals surface area contributed by atoms with Gasteiger partial charge < -0.3 is 15.7 Å². The Morgan fingerprint density at radius 1 is 1.16 bits per heavy atom. The second-order valence-electron chi connectivity index (χ2n) is 6.17. The fourth-order valence-corrected chi connectivity index (χ4v) is 3.91. The van der Waals surface area contributed by atoms with Gasteiger partial charge in [0.2, 0.25) is 10.0 Å². The van der Waals surface area contributed by atoms with Crippen LogP contribution in [0.15, 0.2) is 23.1 Å². The number of benzene rings is 1. The van der Waals surface area contributed by atoms with Crippen molar-refractivity contribution in [2.24, 2.45) is 5.92 Å². The number of carbonyl (C=O) groups is 2. The molecule has 1 aliphatic rings. The number of aliphatic carboxylic acids is 1. The van der Waals surface area contributed by atoms with Crippen molar-refractivity contribution in [3.8, 4) is 0 Å². The molecule has 0 heterocycles. The third-order valence-electron chi connectivity index (χ3n) is 4.42. The SMILES string of the molecule is CNS(=O)(=O)c1cc(NC(=O)NC2CCC(C(=O)O)CC2)ccc1C. The zero-order valence-corrected chi connectivity index (χ0v) is 15.0. The number of urea groups is 1. The second-order valence-corrected chi connectivity index (χ2v) is 8.03. The molecule has 1 aliphatic carbocycles. The Morgan fingerprint density at radius 2 is 1.80 bits per heavy atom. The molecule has 1 fully saturated rings. The zero-order chi connectivity index (χ0) is 18.6. The van der Waals surface area contributed by atoms with E-state index in [1.807, 2.05) is 0 Å². The summed E-state index contributed by atoms with van der Waals surface area (Å²) in [5.41, 5.74) is 0.948. The number of amides is 2. The molecule has 25 heavy (non-hydrogen) atoms. The van der Waals surface area contributed by atoms with Crippen molar-refractivity contribution < 1.29 is 23.1 Å². The molecule has 138 valence electrons. The summed E-state index contributed by atoms with van der Waals surface area (Å²) >= 11 is 0. The fourth-order valence-electron chi connectivity index (χ4n) is 2.91. The van der Waals surface area contributed by atoms with Crippen LogP contribution in [0, 0.1) is 12.8 Å². The first-order valence-corrected chi connectivity index (χ1v) is 9.55. The number of anilines is 1.